The number of rotatable bonds is 6. The van der Waals surface area contributed by atoms with Crippen LogP contribution in [0.5, 0.6) is 11.5 Å². The largest absolute Gasteiger partial charge is 0.493 e. The number of hydrogen-bond donors (Lipinski definition) is 1. The number of nitrogens with zero attached hydrogens (tertiary/aromatic N) is 2. The Kier molecular flexibility index (Phi) is 5.35. The lowest BCUT2D eigenvalue weighted by atomic mass is 9.94. The Balaban J connectivity index is 1.95. The molecule has 7 heteroatoms. The number of esters is 1. The predicted octanol–water partition coefficient (Wildman–Crippen LogP) is 4.30. The minimum Gasteiger partial charge on any atom is -0.493 e. The average Bonchev–Trinajstić information content (AvgIpc) is 3.11. The number of allylic oxidation sites excluding steroid dienone is 1. The second-order valence-electron chi connectivity index (χ2n) is 6.92. The van der Waals surface area contributed by atoms with Crippen LogP contribution in [-0.2, 0) is 9.53 Å². The van der Waals surface area contributed by atoms with Gasteiger partial charge in [-0.1, -0.05) is 18.2 Å². The van der Waals surface area contributed by atoms with Crippen LogP contribution in [0.3, 0.4) is 0 Å². The lowest BCUT2D eigenvalue weighted by molar-refractivity contribution is -0.139. The molecule has 4 rings (SSSR count). The van der Waals surface area contributed by atoms with E-state index in [1.807, 2.05) is 60.9 Å². The first-order chi connectivity index (χ1) is 14.6. The molecule has 1 N–H and O–H groups in total. The fraction of sp³-hybridized carbons (Fsp3) is 0.304. The number of methoxy groups -OCH3 is 1. The van der Waals surface area contributed by atoms with Crippen LogP contribution in [-0.4, -0.2) is 35.8 Å². The normalized spacial score (nSPS) is 15.5. The fourth-order valence-corrected chi connectivity index (χ4v) is 3.88. The number of hydrogen-bond acceptors (Lipinski definition) is 6. The zero-order valence-electron chi connectivity index (χ0n) is 17.6. The van der Waals surface area contributed by atoms with Crippen molar-refractivity contribution in [2.75, 3.05) is 25.6 Å². The van der Waals surface area contributed by atoms with Crippen LogP contribution >= 0.6 is 0 Å². The first-order valence-electron chi connectivity index (χ1n) is 10.0. The Morgan fingerprint density at radius 3 is 2.67 bits per heavy atom. The van der Waals surface area contributed by atoms with Crippen molar-refractivity contribution >= 4 is 23.0 Å². The van der Waals surface area contributed by atoms with Crippen molar-refractivity contribution in [1.82, 2.24) is 9.55 Å². The summed E-state index contributed by atoms with van der Waals surface area (Å²) >= 11 is 0. The van der Waals surface area contributed by atoms with Crippen molar-refractivity contribution in [3.8, 4) is 11.5 Å². The van der Waals surface area contributed by atoms with Gasteiger partial charge in [0.25, 0.3) is 0 Å². The number of ether oxygens (including phenoxy) is 3. The Labute approximate surface area is 175 Å². The highest BCUT2D eigenvalue weighted by atomic mass is 16.5. The Bertz CT molecular complexity index is 1130. The second-order valence-corrected chi connectivity index (χ2v) is 6.92. The van der Waals surface area contributed by atoms with Crippen LogP contribution in [0.4, 0.5) is 5.95 Å². The summed E-state index contributed by atoms with van der Waals surface area (Å²) in [7, 11) is 1.61. The summed E-state index contributed by atoms with van der Waals surface area (Å²) in [6.07, 6.45) is 0. The lowest BCUT2D eigenvalue weighted by Crippen LogP contribution is -2.29. The molecule has 156 valence electrons. The van der Waals surface area contributed by atoms with Crippen molar-refractivity contribution in [3.05, 3.63) is 59.3 Å². The number of anilines is 1. The molecule has 1 aliphatic rings. The molecule has 0 spiro atoms. The molecule has 1 atom stereocenters. The van der Waals surface area contributed by atoms with Gasteiger partial charge in [-0.3, -0.25) is 4.57 Å². The van der Waals surface area contributed by atoms with E-state index in [0.29, 0.717) is 41.9 Å². The fourth-order valence-electron chi connectivity index (χ4n) is 3.88. The highest BCUT2D eigenvalue weighted by Gasteiger charge is 2.35. The van der Waals surface area contributed by atoms with Gasteiger partial charge in [0.1, 0.15) is 0 Å². The zero-order chi connectivity index (χ0) is 21.3. The molecule has 30 heavy (non-hydrogen) atoms. The number of benzene rings is 2. The summed E-state index contributed by atoms with van der Waals surface area (Å²) in [6.45, 7) is 6.43. The number of imidazole rings is 1. The zero-order valence-corrected chi connectivity index (χ0v) is 17.6. The van der Waals surface area contributed by atoms with Crippen molar-refractivity contribution < 1.29 is 19.0 Å². The van der Waals surface area contributed by atoms with Crippen molar-refractivity contribution in [1.29, 1.82) is 0 Å². The highest BCUT2D eigenvalue weighted by molar-refractivity contribution is 5.94. The number of aromatic nitrogens is 2. The van der Waals surface area contributed by atoms with Crippen LogP contribution in [0, 0.1) is 0 Å². The Morgan fingerprint density at radius 2 is 1.93 bits per heavy atom. The van der Waals surface area contributed by atoms with Gasteiger partial charge in [0.15, 0.2) is 11.5 Å². The minimum atomic E-state index is -0.419. The first kappa shape index (κ1) is 19.8. The van der Waals surface area contributed by atoms with Crippen molar-refractivity contribution in [2.24, 2.45) is 0 Å². The smallest absolute Gasteiger partial charge is 0.338 e. The average molecular weight is 407 g/mol. The molecule has 2 heterocycles. The van der Waals surface area contributed by atoms with Crippen LogP contribution < -0.4 is 14.8 Å². The van der Waals surface area contributed by atoms with E-state index >= 15 is 0 Å². The van der Waals surface area contributed by atoms with Crippen LogP contribution in [0.15, 0.2) is 53.7 Å². The molecule has 1 aromatic heterocycles. The molecule has 0 amide bonds. The van der Waals surface area contributed by atoms with E-state index in [1.54, 1.807) is 14.0 Å². The van der Waals surface area contributed by atoms with E-state index < -0.39 is 6.04 Å². The van der Waals surface area contributed by atoms with Gasteiger partial charge < -0.3 is 19.5 Å². The molecule has 0 saturated heterocycles. The van der Waals surface area contributed by atoms with E-state index in [2.05, 4.69) is 5.32 Å². The maximum Gasteiger partial charge on any atom is 0.338 e. The summed E-state index contributed by atoms with van der Waals surface area (Å²) in [6, 6.07) is 13.2. The molecule has 0 bridgehead atoms. The van der Waals surface area contributed by atoms with E-state index in [-0.39, 0.29) is 5.97 Å². The van der Waals surface area contributed by atoms with Gasteiger partial charge in [0.2, 0.25) is 5.95 Å². The molecule has 0 radical (unpaired) electrons. The molecule has 2 aromatic carbocycles. The summed E-state index contributed by atoms with van der Waals surface area (Å²) in [5, 5.41) is 3.27. The molecular formula is C23H25N3O4. The summed E-state index contributed by atoms with van der Waals surface area (Å²) in [5.41, 5.74) is 3.91. The van der Waals surface area contributed by atoms with E-state index in [9.17, 15) is 4.79 Å². The Morgan fingerprint density at radius 1 is 1.13 bits per heavy atom. The molecule has 0 fully saturated rings. The van der Waals surface area contributed by atoms with Crippen molar-refractivity contribution in [2.45, 2.75) is 26.8 Å². The number of para-hydroxylation sites is 2. The molecule has 0 aliphatic carbocycles. The number of carbonyl (C=O) groups is 1. The third-order valence-corrected chi connectivity index (χ3v) is 5.13. The number of nitrogens with one attached hydrogen (secondary N) is 1. The molecular weight excluding hydrogens is 382 g/mol. The SMILES string of the molecule is CCOC(=O)C1=C(C)Nc2nc3ccccc3n2[C@H]1c1ccc(OCC)c(OC)c1. The summed E-state index contributed by atoms with van der Waals surface area (Å²) in [5.74, 6) is 1.59. The van der Waals surface area contributed by atoms with Gasteiger partial charge in [0, 0.05) is 5.70 Å². The topological polar surface area (TPSA) is 74.6 Å². The van der Waals surface area contributed by atoms with E-state index in [0.717, 1.165) is 16.6 Å². The van der Waals surface area contributed by atoms with Gasteiger partial charge >= 0.3 is 5.97 Å². The van der Waals surface area contributed by atoms with Crippen LogP contribution in [0.25, 0.3) is 11.0 Å². The quantitative estimate of drug-likeness (QED) is 0.614. The maximum absolute atomic E-state index is 13.0. The maximum atomic E-state index is 13.0. The molecule has 7 nitrogen and oxygen atoms in total. The van der Waals surface area contributed by atoms with Crippen LogP contribution in [0.2, 0.25) is 0 Å². The van der Waals surface area contributed by atoms with Gasteiger partial charge in [-0.25, -0.2) is 9.78 Å². The summed E-state index contributed by atoms with van der Waals surface area (Å²) in [4.78, 5) is 17.7. The standard InChI is InChI=1S/C23H25N3O4/c1-5-29-18-12-11-15(13-19(18)28-4)21-20(22(27)30-6-2)14(3)24-23-25-16-9-7-8-10-17(16)26(21)23/h7-13,21H,5-6H2,1-4H3,(H,24,25)/t21-/m0/s1. The third kappa shape index (κ3) is 3.26. The first-order valence-corrected chi connectivity index (χ1v) is 10.0. The Hall–Kier alpha value is -3.48. The van der Waals surface area contributed by atoms with E-state index in [4.69, 9.17) is 19.2 Å². The molecule has 0 unspecified atom stereocenters. The van der Waals surface area contributed by atoms with Gasteiger partial charge in [0.05, 0.1) is 43.0 Å². The highest BCUT2D eigenvalue weighted by Crippen LogP contribution is 2.41. The van der Waals surface area contributed by atoms with Crippen LogP contribution in [0.1, 0.15) is 32.4 Å². The molecule has 3 aromatic rings. The molecule has 1 aliphatic heterocycles. The lowest BCUT2D eigenvalue weighted by Gasteiger charge is -2.30. The van der Waals surface area contributed by atoms with Gasteiger partial charge in [-0.2, -0.15) is 0 Å². The minimum absolute atomic E-state index is 0.298. The number of fused-ring (bicyclic) bond motifs is 3. The number of carbonyl (C=O) groups excluding carboxylic acids is 1. The monoisotopic (exact) mass is 407 g/mol. The molecule has 0 saturated carbocycles. The van der Waals surface area contributed by atoms with Gasteiger partial charge in [-0.15, -0.1) is 0 Å². The van der Waals surface area contributed by atoms with Crippen molar-refractivity contribution in [3.63, 3.8) is 0 Å². The summed E-state index contributed by atoms with van der Waals surface area (Å²) < 4.78 is 18.7. The van der Waals surface area contributed by atoms with E-state index in [1.165, 1.54) is 0 Å². The predicted molar refractivity (Wildman–Crippen MR) is 115 cm³/mol. The third-order valence-electron chi connectivity index (χ3n) is 5.13. The second kappa shape index (κ2) is 8.10. The van der Waals surface area contributed by atoms with Gasteiger partial charge in [-0.05, 0) is 50.6 Å².